The number of carbonyl (C=O) groups excluding carboxylic acids is 1. The number of halogens is 1. The number of sulfonamides is 1. The van der Waals surface area contributed by atoms with E-state index in [4.69, 9.17) is 16.3 Å². The van der Waals surface area contributed by atoms with Crippen LogP contribution in [0.1, 0.15) is 5.56 Å². The summed E-state index contributed by atoms with van der Waals surface area (Å²) < 4.78 is 33.0. The van der Waals surface area contributed by atoms with Gasteiger partial charge in [0.2, 0.25) is 5.91 Å². The second-order valence-corrected chi connectivity index (χ2v) is 8.55. The Labute approximate surface area is 164 Å². The normalized spacial score (nSPS) is 14.8. The summed E-state index contributed by atoms with van der Waals surface area (Å²) in [4.78, 5) is 14.5. The smallest absolute Gasteiger partial charge is 0.264 e. The second kappa shape index (κ2) is 8.29. The molecule has 0 bridgehead atoms. The fourth-order valence-electron chi connectivity index (χ4n) is 2.95. The van der Waals surface area contributed by atoms with Gasteiger partial charge in [-0.2, -0.15) is 0 Å². The Morgan fingerprint density at radius 1 is 1.15 bits per heavy atom. The highest BCUT2D eigenvalue weighted by molar-refractivity contribution is 7.92. The molecule has 1 heterocycles. The minimum Gasteiger partial charge on any atom is -0.378 e. The van der Waals surface area contributed by atoms with Gasteiger partial charge in [0.25, 0.3) is 10.0 Å². The molecule has 1 fully saturated rings. The SMILES string of the molecule is Cc1cc(Cl)ccc1N(CC(=O)N1CCOCC1)S(=O)(=O)c1ccccc1. The summed E-state index contributed by atoms with van der Waals surface area (Å²) in [5.74, 6) is -0.257. The van der Waals surface area contributed by atoms with Crippen LogP contribution in [0.15, 0.2) is 53.4 Å². The zero-order valence-corrected chi connectivity index (χ0v) is 16.5. The van der Waals surface area contributed by atoms with Gasteiger partial charge in [-0.25, -0.2) is 8.42 Å². The number of rotatable bonds is 5. The van der Waals surface area contributed by atoms with Crippen LogP contribution < -0.4 is 4.31 Å². The van der Waals surface area contributed by atoms with Crippen LogP contribution in [-0.4, -0.2) is 52.1 Å². The molecule has 1 aliphatic heterocycles. The fourth-order valence-corrected chi connectivity index (χ4v) is 4.68. The number of benzene rings is 2. The van der Waals surface area contributed by atoms with E-state index in [-0.39, 0.29) is 17.3 Å². The van der Waals surface area contributed by atoms with Crippen LogP contribution in [0.4, 0.5) is 5.69 Å². The minimum absolute atomic E-state index is 0.133. The summed E-state index contributed by atoms with van der Waals surface area (Å²) in [5, 5.41) is 0.507. The lowest BCUT2D eigenvalue weighted by Gasteiger charge is -2.31. The van der Waals surface area contributed by atoms with E-state index in [1.807, 2.05) is 0 Å². The molecule has 0 radical (unpaired) electrons. The zero-order chi connectivity index (χ0) is 19.4. The van der Waals surface area contributed by atoms with Crippen LogP contribution in [0.2, 0.25) is 5.02 Å². The molecule has 0 atom stereocenters. The maximum atomic E-state index is 13.3. The van der Waals surface area contributed by atoms with Gasteiger partial charge in [-0.05, 0) is 42.8 Å². The van der Waals surface area contributed by atoms with Crippen molar-refractivity contribution in [3.63, 3.8) is 0 Å². The number of aryl methyl sites for hydroxylation is 1. The number of anilines is 1. The molecular weight excluding hydrogens is 388 g/mol. The first-order chi connectivity index (χ1) is 12.9. The number of nitrogens with zero attached hydrogens (tertiary/aromatic N) is 2. The van der Waals surface area contributed by atoms with Gasteiger partial charge in [0, 0.05) is 18.1 Å². The molecule has 0 spiro atoms. The van der Waals surface area contributed by atoms with Crippen LogP contribution in [-0.2, 0) is 19.6 Å². The second-order valence-electron chi connectivity index (χ2n) is 6.25. The molecule has 8 heteroatoms. The number of hydrogen-bond donors (Lipinski definition) is 0. The summed E-state index contributed by atoms with van der Waals surface area (Å²) in [6, 6.07) is 13.0. The molecular formula is C19H21ClN2O4S. The molecule has 1 aliphatic rings. The summed E-state index contributed by atoms with van der Waals surface area (Å²) in [6.07, 6.45) is 0. The molecule has 2 aromatic carbocycles. The van der Waals surface area contributed by atoms with Crippen molar-refractivity contribution in [1.82, 2.24) is 4.90 Å². The lowest BCUT2D eigenvalue weighted by atomic mass is 10.2. The Kier molecular flexibility index (Phi) is 6.04. The third-order valence-electron chi connectivity index (χ3n) is 4.40. The van der Waals surface area contributed by atoms with E-state index >= 15 is 0 Å². The molecule has 6 nitrogen and oxygen atoms in total. The van der Waals surface area contributed by atoms with Crippen molar-refractivity contribution >= 4 is 33.2 Å². The summed E-state index contributed by atoms with van der Waals surface area (Å²) in [6.45, 7) is 3.32. The van der Waals surface area contributed by atoms with Gasteiger partial charge in [0.15, 0.2) is 0 Å². The van der Waals surface area contributed by atoms with Gasteiger partial charge in [-0.3, -0.25) is 9.10 Å². The summed E-state index contributed by atoms with van der Waals surface area (Å²) >= 11 is 6.02. The van der Waals surface area contributed by atoms with Crippen molar-refractivity contribution in [3.05, 3.63) is 59.1 Å². The first kappa shape index (κ1) is 19.7. The average Bonchev–Trinajstić information content (AvgIpc) is 2.68. The molecule has 1 amide bonds. The molecule has 0 aromatic heterocycles. The minimum atomic E-state index is -3.91. The van der Waals surface area contributed by atoms with Crippen molar-refractivity contribution < 1.29 is 17.9 Å². The monoisotopic (exact) mass is 408 g/mol. The Hall–Kier alpha value is -2.09. The topological polar surface area (TPSA) is 66.9 Å². The van der Waals surface area contributed by atoms with Gasteiger partial charge < -0.3 is 9.64 Å². The van der Waals surface area contributed by atoms with Gasteiger partial charge >= 0.3 is 0 Å². The first-order valence-corrected chi connectivity index (χ1v) is 10.4. The average molecular weight is 409 g/mol. The molecule has 3 rings (SSSR count). The molecule has 2 aromatic rings. The predicted molar refractivity (Wildman–Crippen MR) is 105 cm³/mol. The molecule has 144 valence electrons. The van der Waals surface area contributed by atoms with Crippen LogP contribution in [0.3, 0.4) is 0 Å². The molecule has 0 unspecified atom stereocenters. The zero-order valence-electron chi connectivity index (χ0n) is 15.0. The molecule has 0 saturated carbocycles. The highest BCUT2D eigenvalue weighted by atomic mass is 35.5. The Morgan fingerprint density at radius 2 is 1.81 bits per heavy atom. The Bertz CT molecular complexity index is 913. The molecule has 1 saturated heterocycles. The summed E-state index contributed by atoms with van der Waals surface area (Å²) in [5.41, 5.74) is 1.11. The number of hydrogen-bond acceptors (Lipinski definition) is 4. The van der Waals surface area contributed by atoms with E-state index < -0.39 is 10.0 Å². The van der Waals surface area contributed by atoms with Gasteiger partial charge in [-0.1, -0.05) is 29.8 Å². The molecule has 0 N–H and O–H groups in total. The van der Waals surface area contributed by atoms with Crippen LogP contribution >= 0.6 is 11.6 Å². The van der Waals surface area contributed by atoms with Gasteiger partial charge in [-0.15, -0.1) is 0 Å². The summed E-state index contributed by atoms with van der Waals surface area (Å²) in [7, 11) is -3.91. The van der Waals surface area contributed by atoms with Crippen LogP contribution in [0.5, 0.6) is 0 Å². The highest BCUT2D eigenvalue weighted by Gasteiger charge is 2.30. The maximum Gasteiger partial charge on any atom is 0.264 e. The van der Waals surface area contributed by atoms with Crippen molar-refractivity contribution in [3.8, 4) is 0 Å². The van der Waals surface area contributed by atoms with Crippen molar-refractivity contribution in [1.29, 1.82) is 0 Å². The molecule has 0 aliphatic carbocycles. The predicted octanol–water partition coefficient (Wildman–Crippen LogP) is 2.70. The van der Waals surface area contributed by atoms with Crippen LogP contribution in [0, 0.1) is 6.92 Å². The van der Waals surface area contributed by atoms with E-state index in [9.17, 15) is 13.2 Å². The maximum absolute atomic E-state index is 13.3. The number of amides is 1. The number of ether oxygens (including phenoxy) is 1. The van der Waals surface area contributed by atoms with Crippen molar-refractivity contribution in [2.45, 2.75) is 11.8 Å². The van der Waals surface area contributed by atoms with Crippen molar-refractivity contribution in [2.75, 3.05) is 37.2 Å². The fraction of sp³-hybridized carbons (Fsp3) is 0.316. The van der Waals surface area contributed by atoms with Crippen LogP contribution in [0.25, 0.3) is 0 Å². The number of morpholine rings is 1. The van der Waals surface area contributed by atoms with E-state index in [0.29, 0.717) is 42.6 Å². The quantitative estimate of drug-likeness (QED) is 0.762. The van der Waals surface area contributed by atoms with E-state index in [1.54, 1.807) is 48.2 Å². The van der Waals surface area contributed by atoms with Gasteiger partial charge in [0.1, 0.15) is 6.54 Å². The lowest BCUT2D eigenvalue weighted by molar-refractivity contribution is -0.133. The third-order valence-corrected chi connectivity index (χ3v) is 6.41. The van der Waals surface area contributed by atoms with E-state index in [2.05, 4.69) is 0 Å². The Morgan fingerprint density at radius 3 is 2.44 bits per heavy atom. The first-order valence-electron chi connectivity index (χ1n) is 8.59. The third kappa shape index (κ3) is 4.43. The van der Waals surface area contributed by atoms with Gasteiger partial charge in [0.05, 0.1) is 23.8 Å². The lowest BCUT2D eigenvalue weighted by Crippen LogP contribution is -2.47. The highest BCUT2D eigenvalue weighted by Crippen LogP contribution is 2.29. The Balaban J connectivity index is 1.99. The number of carbonyl (C=O) groups is 1. The van der Waals surface area contributed by atoms with E-state index in [0.717, 1.165) is 4.31 Å². The van der Waals surface area contributed by atoms with E-state index in [1.165, 1.54) is 12.1 Å². The molecule has 27 heavy (non-hydrogen) atoms. The standard InChI is InChI=1S/C19H21ClN2O4S/c1-15-13-16(20)7-8-18(15)22(14-19(23)21-9-11-26-12-10-21)27(24,25)17-5-3-2-4-6-17/h2-8,13H,9-12,14H2,1H3. The van der Waals surface area contributed by atoms with Crippen molar-refractivity contribution in [2.24, 2.45) is 0 Å². The largest absolute Gasteiger partial charge is 0.378 e.